The van der Waals surface area contributed by atoms with Gasteiger partial charge in [-0.3, -0.25) is 0 Å². The van der Waals surface area contributed by atoms with Crippen LogP contribution >= 0.6 is 11.6 Å². The van der Waals surface area contributed by atoms with Gasteiger partial charge >= 0.3 is 0 Å². The Bertz CT molecular complexity index is 447. The first-order valence-electron chi connectivity index (χ1n) is 7.81. The lowest BCUT2D eigenvalue weighted by molar-refractivity contribution is 0.377. The van der Waals surface area contributed by atoms with Crippen molar-refractivity contribution in [2.24, 2.45) is 11.7 Å². The molecule has 1 aliphatic heterocycles. The van der Waals surface area contributed by atoms with Crippen LogP contribution in [0.25, 0.3) is 0 Å². The van der Waals surface area contributed by atoms with Gasteiger partial charge in [0, 0.05) is 29.3 Å². The summed E-state index contributed by atoms with van der Waals surface area (Å²) in [5, 5.41) is 0.810. The Morgan fingerprint density at radius 3 is 2.80 bits per heavy atom. The van der Waals surface area contributed by atoms with Crippen molar-refractivity contribution >= 4 is 17.3 Å². The summed E-state index contributed by atoms with van der Waals surface area (Å²) in [6.45, 7) is 7.95. The molecule has 3 unspecified atom stereocenters. The van der Waals surface area contributed by atoms with Crippen LogP contribution in [0.1, 0.15) is 45.6 Å². The summed E-state index contributed by atoms with van der Waals surface area (Å²) < 4.78 is 0. The number of nitrogens with two attached hydrogens (primary N) is 1. The van der Waals surface area contributed by atoms with E-state index in [0.29, 0.717) is 6.04 Å². The molecule has 1 aliphatic rings. The third kappa shape index (κ3) is 3.67. The van der Waals surface area contributed by atoms with E-state index in [-0.39, 0.29) is 6.04 Å². The molecule has 0 amide bonds. The first-order valence-corrected chi connectivity index (χ1v) is 8.19. The van der Waals surface area contributed by atoms with Crippen molar-refractivity contribution in [2.75, 3.05) is 11.4 Å². The lowest BCUT2D eigenvalue weighted by Gasteiger charge is -2.39. The lowest BCUT2D eigenvalue weighted by Crippen LogP contribution is -2.41. The Hall–Kier alpha value is -0.730. The average Bonchev–Trinajstić information content (AvgIpc) is 2.40. The highest BCUT2D eigenvalue weighted by atomic mass is 35.5. The van der Waals surface area contributed by atoms with Crippen LogP contribution in [0.5, 0.6) is 0 Å². The fourth-order valence-electron chi connectivity index (χ4n) is 3.19. The zero-order valence-electron chi connectivity index (χ0n) is 12.9. The van der Waals surface area contributed by atoms with E-state index in [4.69, 9.17) is 17.3 Å². The fourth-order valence-corrected chi connectivity index (χ4v) is 3.38. The maximum atomic E-state index is 6.18. The molecule has 0 aliphatic carbocycles. The molecule has 0 radical (unpaired) electrons. The SMILES string of the molecule is CCC(N)Cc1cc(Cl)ccc1N1CCC(C)CC1C. The predicted molar refractivity (Wildman–Crippen MR) is 88.6 cm³/mol. The first-order chi connectivity index (χ1) is 9.51. The molecule has 1 saturated heterocycles. The highest BCUT2D eigenvalue weighted by molar-refractivity contribution is 6.30. The minimum absolute atomic E-state index is 0.214. The van der Waals surface area contributed by atoms with Gasteiger partial charge in [-0.1, -0.05) is 25.4 Å². The van der Waals surface area contributed by atoms with Crippen LogP contribution in [-0.2, 0) is 6.42 Å². The monoisotopic (exact) mass is 294 g/mol. The van der Waals surface area contributed by atoms with E-state index < -0.39 is 0 Å². The van der Waals surface area contributed by atoms with Crippen LogP contribution in [0.15, 0.2) is 18.2 Å². The molecule has 2 nitrogen and oxygen atoms in total. The molecule has 1 heterocycles. The van der Waals surface area contributed by atoms with Crippen molar-refractivity contribution in [2.45, 2.75) is 58.5 Å². The molecule has 2 N–H and O–H groups in total. The van der Waals surface area contributed by atoms with E-state index >= 15 is 0 Å². The van der Waals surface area contributed by atoms with Gasteiger partial charge in [0.25, 0.3) is 0 Å². The summed E-state index contributed by atoms with van der Waals surface area (Å²) in [6.07, 6.45) is 4.44. The second kappa shape index (κ2) is 6.82. The first kappa shape index (κ1) is 15.7. The van der Waals surface area contributed by atoms with Gasteiger partial charge in [0.2, 0.25) is 0 Å². The van der Waals surface area contributed by atoms with Crippen LogP contribution in [-0.4, -0.2) is 18.6 Å². The molecule has 1 fully saturated rings. The van der Waals surface area contributed by atoms with E-state index in [9.17, 15) is 0 Å². The molecule has 1 aromatic rings. The standard InChI is InChI=1S/C17H27ClN2/c1-4-16(19)11-14-10-15(18)5-6-17(14)20-8-7-12(2)9-13(20)3/h5-6,10,12-13,16H,4,7-9,11,19H2,1-3H3. The van der Waals surface area contributed by atoms with Crippen molar-refractivity contribution in [3.8, 4) is 0 Å². The molecular weight excluding hydrogens is 268 g/mol. The molecule has 0 spiro atoms. The number of rotatable bonds is 4. The molecule has 112 valence electrons. The van der Waals surface area contributed by atoms with Crippen LogP contribution in [0.3, 0.4) is 0 Å². The quantitative estimate of drug-likeness (QED) is 0.900. The number of benzene rings is 1. The summed E-state index contributed by atoms with van der Waals surface area (Å²) in [5.41, 5.74) is 8.78. The summed E-state index contributed by atoms with van der Waals surface area (Å²) in [5.74, 6) is 0.829. The summed E-state index contributed by atoms with van der Waals surface area (Å²) in [6, 6.07) is 7.08. The number of hydrogen-bond acceptors (Lipinski definition) is 2. The molecule has 3 atom stereocenters. The average molecular weight is 295 g/mol. The second-order valence-electron chi connectivity index (χ2n) is 6.32. The Morgan fingerprint density at radius 1 is 1.40 bits per heavy atom. The highest BCUT2D eigenvalue weighted by Crippen LogP contribution is 2.32. The summed E-state index contributed by atoms with van der Waals surface area (Å²) in [7, 11) is 0. The molecule has 20 heavy (non-hydrogen) atoms. The van der Waals surface area contributed by atoms with Gasteiger partial charge in [-0.2, -0.15) is 0 Å². The maximum Gasteiger partial charge on any atom is 0.0410 e. The second-order valence-corrected chi connectivity index (χ2v) is 6.75. The zero-order chi connectivity index (χ0) is 14.7. The van der Waals surface area contributed by atoms with E-state index in [1.165, 1.54) is 24.1 Å². The van der Waals surface area contributed by atoms with Crippen LogP contribution < -0.4 is 10.6 Å². The molecule has 0 bridgehead atoms. The van der Waals surface area contributed by atoms with Crippen molar-refractivity contribution in [3.05, 3.63) is 28.8 Å². The number of hydrogen-bond donors (Lipinski definition) is 1. The van der Waals surface area contributed by atoms with E-state index in [1.54, 1.807) is 0 Å². The number of anilines is 1. The molecule has 0 aromatic heterocycles. The molecule has 3 heteroatoms. The number of piperidine rings is 1. The van der Waals surface area contributed by atoms with E-state index in [1.807, 2.05) is 6.07 Å². The lowest BCUT2D eigenvalue weighted by atomic mass is 9.91. The third-order valence-electron chi connectivity index (χ3n) is 4.50. The van der Waals surface area contributed by atoms with Gasteiger partial charge < -0.3 is 10.6 Å². The van der Waals surface area contributed by atoms with Gasteiger partial charge in [-0.25, -0.2) is 0 Å². The minimum Gasteiger partial charge on any atom is -0.369 e. The largest absolute Gasteiger partial charge is 0.369 e. The molecule has 0 saturated carbocycles. The van der Waals surface area contributed by atoms with Crippen LogP contribution in [0.4, 0.5) is 5.69 Å². The Balaban J connectivity index is 2.26. The van der Waals surface area contributed by atoms with Crippen molar-refractivity contribution in [1.82, 2.24) is 0 Å². The molecule has 1 aromatic carbocycles. The Kier molecular flexibility index (Phi) is 5.34. The minimum atomic E-state index is 0.214. The third-order valence-corrected chi connectivity index (χ3v) is 4.73. The van der Waals surface area contributed by atoms with Gasteiger partial charge in [0.05, 0.1) is 0 Å². The Morgan fingerprint density at radius 2 is 2.15 bits per heavy atom. The van der Waals surface area contributed by atoms with Gasteiger partial charge in [0.15, 0.2) is 0 Å². The normalized spacial score (nSPS) is 24.8. The Labute approximate surface area is 128 Å². The van der Waals surface area contributed by atoms with Crippen molar-refractivity contribution in [1.29, 1.82) is 0 Å². The fraction of sp³-hybridized carbons (Fsp3) is 0.647. The van der Waals surface area contributed by atoms with E-state index in [2.05, 4.69) is 37.8 Å². The topological polar surface area (TPSA) is 29.3 Å². The molecule has 2 rings (SSSR count). The van der Waals surface area contributed by atoms with Crippen molar-refractivity contribution in [3.63, 3.8) is 0 Å². The van der Waals surface area contributed by atoms with Gasteiger partial charge in [-0.15, -0.1) is 0 Å². The summed E-state index contributed by atoms with van der Waals surface area (Å²) in [4.78, 5) is 2.54. The smallest absolute Gasteiger partial charge is 0.0410 e. The van der Waals surface area contributed by atoms with Crippen LogP contribution in [0.2, 0.25) is 5.02 Å². The number of nitrogens with zero attached hydrogens (tertiary/aromatic N) is 1. The predicted octanol–water partition coefficient (Wildman–Crippen LogP) is 4.24. The van der Waals surface area contributed by atoms with Crippen molar-refractivity contribution < 1.29 is 0 Å². The van der Waals surface area contributed by atoms with E-state index in [0.717, 1.165) is 30.3 Å². The van der Waals surface area contributed by atoms with Gasteiger partial charge in [0.1, 0.15) is 0 Å². The number of halogens is 1. The zero-order valence-corrected chi connectivity index (χ0v) is 13.7. The maximum absolute atomic E-state index is 6.18. The molecular formula is C17H27ClN2. The van der Waals surface area contributed by atoms with Crippen LogP contribution in [0, 0.1) is 5.92 Å². The highest BCUT2D eigenvalue weighted by Gasteiger charge is 2.24. The van der Waals surface area contributed by atoms with Gasteiger partial charge in [-0.05, 0) is 62.3 Å². The summed E-state index contributed by atoms with van der Waals surface area (Å²) >= 11 is 6.18.